The number of piperidine rings is 2. The summed E-state index contributed by atoms with van der Waals surface area (Å²) in [5.74, 6) is 5.55. The molecule has 2 aliphatic heterocycles. The lowest BCUT2D eigenvalue weighted by Crippen LogP contribution is -2.43. The molecule has 2 saturated heterocycles. The van der Waals surface area contributed by atoms with Crippen LogP contribution in [0.1, 0.15) is 82.9 Å². The van der Waals surface area contributed by atoms with E-state index in [0.29, 0.717) is 70.9 Å². The van der Waals surface area contributed by atoms with E-state index in [-0.39, 0.29) is 23.7 Å². The van der Waals surface area contributed by atoms with Gasteiger partial charge in [-0.2, -0.15) is 30.4 Å². The first kappa shape index (κ1) is 39.2. The summed E-state index contributed by atoms with van der Waals surface area (Å²) in [6.45, 7) is 13.5. The molecule has 16 heteroatoms. The van der Waals surface area contributed by atoms with Crippen molar-refractivity contribution in [3.8, 4) is 29.7 Å². The minimum absolute atomic E-state index is 0.0872. The van der Waals surface area contributed by atoms with Crippen molar-refractivity contribution in [2.24, 2.45) is 35.5 Å². The normalized spacial score (nSPS) is 23.6. The van der Waals surface area contributed by atoms with Gasteiger partial charge >= 0.3 is 18.0 Å². The lowest BCUT2D eigenvalue weighted by Gasteiger charge is -2.36. The van der Waals surface area contributed by atoms with Gasteiger partial charge in [-0.3, -0.25) is 0 Å². The van der Waals surface area contributed by atoms with Crippen LogP contribution in [0.25, 0.3) is 0 Å². The molecule has 6 atom stereocenters. The van der Waals surface area contributed by atoms with Crippen molar-refractivity contribution in [1.29, 1.82) is 5.26 Å². The third-order valence-electron chi connectivity index (χ3n) is 12.1. The molecule has 3 aromatic heterocycles. The first-order valence-corrected chi connectivity index (χ1v) is 20.5. The van der Waals surface area contributed by atoms with E-state index in [0.717, 1.165) is 50.7 Å². The number of hydrogen-bond acceptors (Lipinski definition) is 12. The van der Waals surface area contributed by atoms with Gasteiger partial charge in [0.25, 0.3) is 0 Å². The van der Waals surface area contributed by atoms with E-state index in [9.17, 15) is 14.0 Å². The van der Waals surface area contributed by atoms with Gasteiger partial charge in [0.1, 0.15) is 23.1 Å². The van der Waals surface area contributed by atoms with E-state index in [1.54, 1.807) is 33.6 Å². The van der Waals surface area contributed by atoms with Crippen LogP contribution >= 0.6 is 0 Å². The summed E-state index contributed by atoms with van der Waals surface area (Å²) >= 11 is 0. The number of halogens is 2. The van der Waals surface area contributed by atoms with Crippen LogP contribution in [0.5, 0.6) is 23.5 Å². The van der Waals surface area contributed by atoms with Crippen LogP contribution in [-0.4, -0.2) is 70.7 Å². The highest BCUT2D eigenvalue weighted by Gasteiger charge is 2.44. The SMILES string of the molecule is CC(C)n1nc(CC2[C@@H]3CC[C@H]2CN(C#N)C3)nc1Oc1cccc(F)c1.Cc1noc(N2C[C@H]3CC[C@@H](C2)C3Cc2nc(Oc3cccc(F)c3)n(C(C)C)n2)n1. The van der Waals surface area contributed by atoms with Gasteiger partial charge in [0.15, 0.2) is 23.7 Å². The fourth-order valence-electron chi connectivity index (χ4n) is 9.37. The Hall–Kier alpha value is -5.59. The van der Waals surface area contributed by atoms with Crippen molar-refractivity contribution in [2.75, 3.05) is 31.1 Å². The first-order chi connectivity index (χ1) is 28.0. The number of rotatable bonds is 11. The number of ether oxygens (including phenoxy) is 2. The van der Waals surface area contributed by atoms with Crippen LogP contribution in [0.3, 0.4) is 0 Å². The van der Waals surface area contributed by atoms with Crippen molar-refractivity contribution in [2.45, 2.75) is 85.2 Å². The van der Waals surface area contributed by atoms with E-state index in [1.165, 1.54) is 49.9 Å². The van der Waals surface area contributed by atoms with E-state index in [4.69, 9.17) is 19.1 Å². The molecule has 5 aromatic rings. The summed E-state index contributed by atoms with van der Waals surface area (Å²) in [4.78, 5) is 17.8. The molecule has 0 N–H and O–H groups in total. The van der Waals surface area contributed by atoms with Crippen LogP contribution in [-0.2, 0) is 12.8 Å². The maximum absolute atomic E-state index is 13.6. The zero-order valence-electron chi connectivity index (χ0n) is 33.7. The lowest BCUT2D eigenvalue weighted by molar-refractivity contribution is 0.154. The van der Waals surface area contributed by atoms with Gasteiger partial charge in [0.05, 0.1) is 12.1 Å². The van der Waals surface area contributed by atoms with Crippen molar-refractivity contribution in [3.63, 3.8) is 0 Å². The average molecular weight is 796 g/mol. The summed E-state index contributed by atoms with van der Waals surface area (Å²) in [5.41, 5.74) is 0. The Morgan fingerprint density at radius 1 is 0.724 bits per heavy atom. The molecule has 0 spiro atoms. The van der Waals surface area contributed by atoms with Gasteiger partial charge in [-0.1, -0.05) is 17.3 Å². The topological polar surface area (TPSA) is 149 Å². The van der Waals surface area contributed by atoms with Crippen LogP contribution in [0, 0.1) is 65.5 Å². The fraction of sp³-hybridized carbons (Fsp3) is 0.548. The number of nitrogens with zero attached hydrogens (tertiary/aromatic N) is 11. The molecule has 14 nitrogen and oxygen atoms in total. The van der Waals surface area contributed by atoms with E-state index in [1.807, 2.05) is 39.5 Å². The van der Waals surface area contributed by atoms with Gasteiger partial charge < -0.3 is 23.8 Å². The number of benzene rings is 2. The molecule has 4 aliphatic rings. The second kappa shape index (κ2) is 16.7. The smallest absolute Gasteiger partial charge is 0.324 e. The van der Waals surface area contributed by atoms with Crippen molar-refractivity contribution >= 4 is 6.01 Å². The monoisotopic (exact) mass is 795 g/mol. The van der Waals surface area contributed by atoms with Gasteiger partial charge in [0.2, 0.25) is 0 Å². The highest BCUT2D eigenvalue weighted by molar-refractivity contribution is 5.29. The second-order valence-corrected chi connectivity index (χ2v) is 16.8. The van der Waals surface area contributed by atoms with Crippen LogP contribution < -0.4 is 14.4 Å². The van der Waals surface area contributed by atoms with Gasteiger partial charge in [-0.25, -0.2) is 18.1 Å². The zero-order valence-corrected chi connectivity index (χ0v) is 33.7. The third-order valence-corrected chi connectivity index (χ3v) is 12.1. The summed E-state index contributed by atoms with van der Waals surface area (Å²) in [7, 11) is 0. The fourth-order valence-corrected chi connectivity index (χ4v) is 9.37. The number of aromatic nitrogens is 8. The summed E-state index contributed by atoms with van der Waals surface area (Å²) < 4.78 is 47.6. The number of nitriles is 1. The Kier molecular flexibility index (Phi) is 11.3. The zero-order chi connectivity index (χ0) is 40.5. The largest absolute Gasteiger partial charge is 0.424 e. The predicted molar refractivity (Wildman–Crippen MR) is 209 cm³/mol. The van der Waals surface area contributed by atoms with Crippen LogP contribution in [0.4, 0.5) is 14.8 Å². The van der Waals surface area contributed by atoms with E-state index >= 15 is 0 Å². The highest BCUT2D eigenvalue weighted by Crippen LogP contribution is 2.45. The van der Waals surface area contributed by atoms with Crippen molar-refractivity contribution in [3.05, 3.63) is 77.6 Å². The first-order valence-electron chi connectivity index (χ1n) is 20.5. The quantitative estimate of drug-likeness (QED) is 0.119. The Labute approximate surface area is 337 Å². The average Bonchev–Trinajstić information content (AvgIpc) is 3.99. The summed E-state index contributed by atoms with van der Waals surface area (Å²) in [6, 6.07) is 13.7. The van der Waals surface area contributed by atoms with Gasteiger partial charge in [0, 0.05) is 51.2 Å². The Morgan fingerprint density at radius 3 is 1.59 bits per heavy atom. The van der Waals surface area contributed by atoms with Crippen LogP contribution in [0.15, 0.2) is 53.1 Å². The molecular formula is C42H51F2N11O3. The standard InChI is InChI=1S/C22H27FN6O2.C20H24FN5O/c1-13(2)29-22(30-18-6-4-5-17(23)9-18)25-20(26-29)10-19-15-7-8-16(19)12-28(11-15)21-24-14(3)27-31-21;1-13(2)26-20(27-17-5-3-4-16(21)8-17)23-19(24-26)9-18-14-6-7-15(18)11-25(10-14)12-22/h4-6,9,13,15-16,19H,7-8,10-12H2,1-3H3;3-5,8,13-15,18H,6-7,9-11H2,1-2H3/t15-,16+,19?;14-,15+,18?. The maximum atomic E-state index is 13.6. The summed E-state index contributed by atoms with van der Waals surface area (Å²) in [6.07, 6.45) is 8.63. The highest BCUT2D eigenvalue weighted by atomic mass is 19.1. The molecule has 0 radical (unpaired) electrons. The van der Waals surface area contributed by atoms with Gasteiger partial charge in [-0.15, -0.1) is 0 Å². The van der Waals surface area contributed by atoms with Gasteiger partial charge in [-0.05, 0) is 120 Å². The molecule has 2 unspecified atom stereocenters. The molecule has 2 aromatic carbocycles. The molecule has 2 saturated carbocycles. The number of aryl methyl sites for hydroxylation is 1. The Morgan fingerprint density at radius 2 is 1.19 bits per heavy atom. The molecule has 0 amide bonds. The van der Waals surface area contributed by atoms with Crippen LogP contribution in [0.2, 0.25) is 0 Å². The maximum Gasteiger partial charge on any atom is 0.324 e. The predicted octanol–water partition coefficient (Wildman–Crippen LogP) is 7.96. The second-order valence-electron chi connectivity index (χ2n) is 16.8. The van der Waals surface area contributed by atoms with E-state index in [2.05, 4.69) is 36.3 Å². The van der Waals surface area contributed by atoms with E-state index < -0.39 is 0 Å². The number of anilines is 1. The molecule has 2 aliphatic carbocycles. The lowest BCUT2D eigenvalue weighted by atomic mass is 9.82. The molecule has 9 rings (SSSR count). The summed E-state index contributed by atoms with van der Waals surface area (Å²) in [5, 5.41) is 22.5. The minimum atomic E-state index is -0.343. The molecule has 58 heavy (non-hydrogen) atoms. The minimum Gasteiger partial charge on any atom is -0.424 e. The Balaban J connectivity index is 0.000000164. The molecular weight excluding hydrogens is 745 g/mol. The molecule has 5 heterocycles. The molecule has 4 bridgehead atoms. The number of likely N-dealkylation sites (tertiary alicyclic amines) is 1. The third kappa shape index (κ3) is 8.63. The molecule has 306 valence electrons. The van der Waals surface area contributed by atoms with Crippen molar-refractivity contribution in [1.82, 2.24) is 44.6 Å². The van der Waals surface area contributed by atoms with Crippen molar-refractivity contribution < 1.29 is 22.8 Å². The number of fused-ring (bicyclic) bond motifs is 4. The Bertz CT molecular complexity index is 2200. The number of hydrogen-bond donors (Lipinski definition) is 0. The molecule has 4 fully saturated rings.